The van der Waals surface area contributed by atoms with Gasteiger partial charge in [0.2, 0.25) is 0 Å². The molecule has 7 nitrogen and oxygen atoms in total. The van der Waals surface area contributed by atoms with Crippen LogP contribution in [0.3, 0.4) is 0 Å². The minimum Gasteiger partial charge on any atom is -0.458 e. The average molecular weight is 447 g/mol. The number of fused-ring (bicyclic) bond motifs is 1. The van der Waals surface area contributed by atoms with Gasteiger partial charge in [-0.15, -0.1) is 0 Å². The highest BCUT2D eigenvalue weighted by atomic mass is 28.4. The van der Waals surface area contributed by atoms with E-state index < -0.39 is 37.1 Å². The molecule has 1 N–H and O–H groups in total. The predicted molar refractivity (Wildman–Crippen MR) is 117 cm³/mol. The molecule has 1 heterocycles. The maximum absolute atomic E-state index is 12.4. The van der Waals surface area contributed by atoms with Crippen molar-refractivity contribution in [2.45, 2.75) is 109 Å². The zero-order valence-corrected chi connectivity index (χ0v) is 21.5. The molecule has 0 amide bonds. The third-order valence-corrected chi connectivity index (χ3v) is 11.3. The number of carbonyl (C=O) groups is 1. The molecule has 0 aromatic heterocycles. The fraction of sp³-hybridized carbons (Fsp3) is 0.955. The van der Waals surface area contributed by atoms with Crippen LogP contribution in [0.4, 0.5) is 0 Å². The lowest BCUT2D eigenvalue weighted by Crippen LogP contribution is -2.70. The molecule has 0 aromatic carbocycles. The Kier molecular flexibility index (Phi) is 7.25. The van der Waals surface area contributed by atoms with Crippen molar-refractivity contribution < 1.29 is 33.3 Å². The number of hydrogen-bond donors (Lipinski definition) is 1. The monoisotopic (exact) mass is 446 g/mol. The molecule has 176 valence electrons. The van der Waals surface area contributed by atoms with Crippen molar-refractivity contribution in [3.8, 4) is 0 Å². The van der Waals surface area contributed by atoms with Crippen LogP contribution in [-0.2, 0) is 28.2 Å². The van der Waals surface area contributed by atoms with Gasteiger partial charge < -0.3 is 28.5 Å². The number of ether oxygens (including phenoxy) is 4. The lowest BCUT2D eigenvalue weighted by Gasteiger charge is -2.55. The quantitative estimate of drug-likeness (QED) is 0.277. The SMILES string of the molecule is COCOC[C@]1(O)[C@@H](O[Si](C)(C)C(C)(C)C)C[C@H](OC(C)(C)C)[C@@]2(C)CC(=O)O[C@@H]21. The number of aliphatic hydroxyl groups is 1. The van der Waals surface area contributed by atoms with E-state index in [9.17, 15) is 9.90 Å². The van der Waals surface area contributed by atoms with Gasteiger partial charge in [-0.2, -0.15) is 0 Å². The summed E-state index contributed by atoms with van der Waals surface area (Å²) in [7, 11) is -0.716. The van der Waals surface area contributed by atoms with Gasteiger partial charge in [-0.25, -0.2) is 0 Å². The Bertz CT molecular complexity index is 624. The maximum Gasteiger partial charge on any atom is 0.306 e. The second-order valence-electron chi connectivity index (χ2n) is 11.6. The molecule has 0 aromatic rings. The third-order valence-electron chi connectivity index (χ3n) is 6.82. The van der Waals surface area contributed by atoms with Gasteiger partial charge in [-0.05, 0) is 38.9 Å². The summed E-state index contributed by atoms with van der Waals surface area (Å²) in [6.07, 6.45) is -1.03. The molecular formula is C22H42O7Si. The molecule has 2 fully saturated rings. The van der Waals surface area contributed by atoms with E-state index in [1.165, 1.54) is 7.11 Å². The first-order chi connectivity index (χ1) is 13.5. The fourth-order valence-corrected chi connectivity index (χ4v) is 5.62. The molecule has 1 saturated carbocycles. The van der Waals surface area contributed by atoms with Crippen LogP contribution in [0.5, 0.6) is 0 Å². The first kappa shape index (κ1) is 25.7. The van der Waals surface area contributed by atoms with E-state index in [1.807, 2.05) is 27.7 Å². The molecular weight excluding hydrogens is 404 g/mol. The summed E-state index contributed by atoms with van der Waals surface area (Å²) < 4.78 is 29.5. The lowest BCUT2D eigenvalue weighted by atomic mass is 9.63. The van der Waals surface area contributed by atoms with Crippen molar-refractivity contribution in [1.82, 2.24) is 0 Å². The Labute approximate surface area is 182 Å². The second-order valence-corrected chi connectivity index (χ2v) is 16.4. The van der Waals surface area contributed by atoms with Gasteiger partial charge in [0.1, 0.15) is 12.9 Å². The molecule has 8 heteroatoms. The fourth-order valence-electron chi connectivity index (χ4n) is 4.25. The van der Waals surface area contributed by atoms with Gasteiger partial charge >= 0.3 is 5.97 Å². The van der Waals surface area contributed by atoms with Gasteiger partial charge in [0.15, 0.2) is 13.9 Å². The van der Waals surface area contributed by atoms with E-state index in [2.05, 4.69) is 33.9 Å². The van der Waals surface area contributed by atoms with E-state index in [4.69, 9.17) is 23.4 Å². The molecule has 1 saturated heterocycles. The number of rotatable bonds is 7. The highest BCUT2D eigenvalue weighted by Gasteiger charge is 2.67. The molecule has 30 heavy (non-hydrogen) atoms. The normalized spacial score (nSPS) is 35.3. The lowest BCUT2D eigenvalue weighted by molar-refractivity contribution is -0.263. The van der Waals surface area contributed by atoms with Gasteiger partial charge in [0.05, 0.1) is 30.8 Å². The van der Waals surface area contributed by atoms with E-state index >= 15 is 0 Å². The smallest absolute Gasteiger partial charge is 0.306 e. The number of hydrogen-bond acceptors (Lipinski definition) is 7. The van der Waals surface area contributed by atoms with Crippen molar-refractivity contribution in [3.63, 3.8) is 0 Å². The minimum atomic E-state index is -2.25. The maximum atomic E-state index is 12.4. The highest BCUT2D eigenvalue weighted by Crippen LogP contribution is 2.54. The topological polar surface area (TPSA) is 83.5 Å². The summed E-state index contributed by atoms with van der Waals surface area (Å²) in [5, 5.41) is 11.9. The molecule has 2 aliphatic rings. The number of carbonyl (C=O) groups excluding carboxylic acids is 1. The average Bonchev–Trinajstić information content (AvgIpc) is 2.87. The summed E-state index contributed by atoms with van der Waals surface area (Å²) in [6.45, 7) is 18.7. The molecule has 1 aliphatic heterocycles. The van der Waals surface area contributed by atoms with Crippen LogP contribution in [0.25, 0.3) is 0 Å². The Morgan fingerprint density at radius 3 is 2.27 bits per heavy atom. The van der Waals surface area contributed by atoms with Crippen LogP contribution in [0.15, 0.2) is 0 Å². The minimum absolute atomic E-state index is 0.0361. The molecule has 5 atom stereocenters. The van der Waals surface area contributed by atoms with Gasteiger partial charge in [0.25, 0.3) is 0 Å². The van der Waals surface area contributed by atoms with Crippen LogP contribution in [-0.4, -0.2) is 69.4 Å². The summed E-state index contributed by atoms with van der Waals surface area (Å²) in [4.78, 5) is 12.4. The predicted octanol–water partition coefficient (Wildman–Crippen LogP) is 3.64. The zero-order valence-electron chi connectivity index (χ0n) is 20.5. The van der Waals surface area contributed by atoms with Gasteiger partial charge in [-0.1, -0.05) is 27.7 Å². The first-order valence-electron chi connectivity index (χ1n) is 10.8. The van der Waals surface area contributed by atoms with Crippen molar-refractivity contribution in [3.05, 3.63) is 0 Å². The van der Waals surface area contributed by atoms with Crippen molar-refractivity contribution in [2.75, 3.05) is 20.5 Å². The zero-order chi connectivity index (χ0) is 23.2. The van der Waals surface area contributed by atoms with Crippen LogP contribution in [0.1, 0.15) is 61.3 Å². The number of methoxy groups -OCH3 is 1. The largest absolute Gasteiger partial charge is 0.458 e. The molecule has 0 bridgehead atoms. The standard InChI is InChI=1S/C22H42O7Si/c1-19(2,3)28-15-11-16(29-30(9,10)20(4,5)6)22(24,13-26-14-25-8)18-21(15,7)12-17(23)27-18/h15-16,18,24H,11-14H2,1-10H3/t15-,16-,18-,21+,22-/m0/s1. The second kappa shape index (κ2) is 8.44. The molecule has 2 rings (SSSR count). The Morgan fingerprint density at radius 2 is 1.77 bits per heavy atom. The van der Waals surface area contributed by atoms with E-state index in [0.29, 0.717) is 6.42 Å². The Balaban J connectivity index is 2.48. The summed E-state index contributed by atoms with van der Waals surface area (Å²) in [5.41, 5.74) is -2.58. The Hall–Kier alpha value is -0.513. The van der Waals surface area contributed by atoms with E-state index in [1.54, 1.807) is 0 Å². The van der Waals surface area contributed by atoms with E-state index in [0.717, 1.165) is 0 Å². The number of esters is 1. The van der Waals surface area contributed by atoms with Crippen LogP contribution >= 0.6 is 0 Å². The van der Waals surface area contributed by atoms with Crippen LogP contribution in [0, 0.1) is 5.41 Å². The van der Waals surface area contributed by atoms with Crippen LogP contribution < -0.4 is 0 Å². The molecule has 1 aliphatic carbocycles. The third kappa shape index (κ3) is 5.10. The summed E-state index contributed by atoms with van der Waals surface area (Å²) in [5.74, 6) is -0.330. The molecule has 0 radical (unpaired) electrons. The highest BCUT2D eigenvalue weighted by molar-refractivity contribution is 6.74. The van der Waals surface area contributed by atoms with Crippen molar-refractivity contribution in [1.29, 1.82) is 0 Å². The summed E-state index contributed by atoms with van der Waals surface area (Å²) >= 11 is 0. The summed E-state index contributed by atoms with van der Waals surface area (Å²) in [6, 6.07) is 0. The Morgan fingerprint density at radius 1 is 1.17 bits per heavy atom. The first-order valence-corrected chi connectivity index (χ1v) is 13.7. The van der Waals surface area contributed by atoms with Gasteiger partial charge in [0, 0.05) is 18.9 Å². The van der Waals surface area contributed by atoms with Crippen molar-refractivity contribution >= 4 is 14.3 Å². The van der Waals surface area contributed by atoms with Crippen molar-refractivity contribution in [2.24, 2.45) is 5.41 Å². The molecule has 0 spiro atoms. The van der Waals surface area contributed by atoms with Crippen LogP contribution in [0.2, 0.25) is 18.1 Å². The van der Waals surface area contributed by atoms with E-state index in [-0.39, 0.29) is 36.9 Å². The molecule has 0 unspecified atom stereocenters. The van der Waals surface area contributed by atoms with Gasteiger partial charge in [-0.3, -0.25) is 4.79 Å².